The largest absolute Gasteiger partial charge is 0.494 e. The fourth-order valence-corrected chi connectivity index (χ4v) is 1.79. The number of carbonyl (C=O) groups excluding carboxylic acids is 1. The third-order valence-corrected chi connectivity index (χ3v) is 2.96. The van der Waals surface area contributed by atoms with E-state index in [-0.39, 0.29) is 5.91 Å². The average molecular weight is 268 g/mol. The standard InChI is InChI=1S/C14H21FN2O2/c1-10(7-8-16)3-6-14(18)17-12-5-4-11(15)9-13(12)19-2/h4-5,9-10H,3,6-8,16H2,1-2H3,(H,17,18). The second-order valence-electron chi connectivity index (χ2n) is 4.61. The summed E-state index contributed by atoms with van der Waals surface area (Å²) in [5.74, 6) is 0.245. The van der Waals surface area contributed by atoms with Gasteiger partial charge >= 0.3 is 0 Å². The Morgan fingerprint density at radius 1 is 1.47 bits per heavy atom. The molecule has 0 heterocycles. The summed E-state index contributed by atoms with van der Waals surface area (Å²) in [6.45, 7) is 2.70. The summed E-state index contributed by atoms with van der Waals surface area (Å²) in [5.41, 5.74) is 5.95. The lowest BCUT2D eigenvalue weighted by Gasteiger charge is -2.12. The molecule has 3 N–H and O–H groups in total. The van der Waals surface area contributed by atoms with Crippen molar-refractivity contribution in [2.75, 3.05) is 19.0 Å². The lowest BCUT2D eigenvalue weighted by molar-refractivity contribution is -0.116. The van der Waals surface area contributed by atoms with Crippen LogP contribution in [0.15, 0.2) is 18.2 Å². The van der Waals surface area contributed by atoms with E-state index >= 15 is 0 Å². The maximum absolute atomic E-state index is 13.0. The van der Waals surface area contributed by atoms with Crippen molar-refractivity contribution in [1.82, 2.24) is 0 Å². The number of methoxy groups -OCH3 is 1. The number of rotatable bonds is 7. The molecule has 0 radical (unpaired) electrons. The number of halogens is 1. The van der Waals surface area contributed by atoms with Crippen molar-refractivity contribution in [1.29, 1.82) is 0 Å². The Labute approximate surface area is 113 Å². The molecule has 0 aliphatic rings. The van der Waals surface area contributed by atoms with Gasteiger partial charge in [0.1, 0.15) is 11.6 Å². The third-order valence-electron chi connectivity index (χ3n) is 2.96. The van der Waals surface area contributed by atoms with Crippen molar-refractivity contribution < 1.29 is 13.9 Å². The van der Waals surface area contributed by atoms with Gasteiger partial charge in [0.2, 0.25) is 5.91 Å². The third kappa shape index (κ3) is 5.26. The van der Waals surface area contributed by atoms with Crippen molar-refractivity contribution >= 4 is 11.6 Å². The lowest BCUT2D eigenvalue weighted by atomic mass is 10.0. The highest BCUT2D eigenvalue weighted by Gasteiger charge is 2.10. The summed E-state index contributed by atoms with van der Waals surface area (Å²) in [5, 5.41) is 2.72. The van der Waals surface area contributed by atoms with Gasteiger partial charge in [-0.25, -0.2) is 4.39 Å². The highest BCUT2D eigenvalue weighted by molar-refractivity contribution is 5.92. The summed E-state index contributed by atoms with van der Waals surface area (Å²) < 4.78 is 18.0. The Morgan fingerprint density at radius 2 is 2.21 bits per heavy atom. The first kappa shape index (κ1) is 15.4. The van der Waals surface area contributed by atoms with Crippen molar-refractivity contribution in [3.8, 4) is 5.75 Å². The number of nitrogens with one attached hydrogen (secondary N) is 1. The van der Waals surface area contributed by atoms with E-state index in [9.17, 15) is 9.18 Å². The molecule has 5 heteroatoms. The number of benzene rings is 1. The minimum atomic E-state index is -0.397. The molecule has 1 atom stereocenters. The van der Waals surface area contributed by atoms with Crippen LogP contribution in [0.2, 0.25) is 0 Å². The molecule has 0 aliphatic heterocycles. The Kier molecular flexibility index (Phi) is 6.29. The predicted molar refractivity (Wildman–Crippen MR) is 73.7 cm³/mol. The van der Waals surface area contributed by atoms with Crippen LogP contribution in [0.25, 0.3) is 0 Å². The molecule has 0 aliphatic carbocycles. The van der Waals surface area contributed by atoms with E-state index in [0.717, 1.165) is 12.8 Å². The number of hydrogen-bond donors (Lipinski definition) is 2. The molecule has 1 aromatic carbocycles. The number of hydrogen-bond acceptors (Lipinski definition) is 3. The molecule has 0 bridgehead atoms. The van der Waals surface area contributed by atoms with Crippen LogP contribution in [0.3, 0.4) is 0 Å². The van der Waals surface area contributed by atoms with Gasteiger partial charge in [-0.2, -0.15) is 0 Å². The number of anilines is 1. The van der Waals surface area contributed by atoms with Crippen LogP contribution in [0.4, 0.5) is 10.1 Å². The van der Waals surface area contributed by atoms with Gasteiger partial charge in [0.05, 0.1) is 12.8 Å². The van der Waals surface area contributed by atoms with Crippen molar-refractivity contribution in [2.45, 2.75) is 26.2 Å². The molecule has 4 nitrogen and oxygen atoms in total. The van der Waals surface area contributed by atoms with Gasteiger partial charge in [0.25, 0.3) is 0 Å². The minimum Gasteiger partial charge on any atom is -0.494 e. The van der Waals surface area contributed by atoms with Gasteiger partial charge in [-0.1, -0.05) is 6.92 Å². The molecule has 106 valence electrons. The van der Waals surface area contributed by atoms with Crippen LogP contribution in [-0.2, 0) is 4.79 Å². The summed E-state index contributed by atoms with van der Waals surface area (Å²) in [7, 11) is 1.44. The van der Waals surface area contributed by atoms with E-state index < -0.39 is 5.82 Å². The molecule has 1 aromatic rings. The summed E-state index contributed by atoms with van der Waals surface area (Å²) in [4.78, 5) is 11.8. The molecule has 1 rings (SSSR count). The van der Waals surface area contributed by atoms with Crippen LogP contribution in [-0.4, -0.2) is 19.6 Å². The van der Waals surface area contributed by atoms with E-state index in [2.05, 4.69) is 12.2 Å². The number of carbonyl (C=O) groups is 1. The Bertz CT molecular complexity index is 424. The zero-order chi connectivity index (χ0) is 14.3. The van der Waals surface area contributed by atoms with E-state index in [0.29, 0.717) is 30.3 Å². The smallest absolute Gasteiger partial charge is 0.224 e. The molecule has 0 saturated carbocycles. The summed E-state index contributed by atoms with van der Waals surface area (Å²) in [6, 6.07) is 4.03. The van der Waals surface area contributed by atoms with Gasteiger partial charge in [0, 0.05) is 12.5 Å². The maximum Gasteiger partial charge on any atom is 0.224 e. The van der Waals surface area contributed by atoms with Crippen molar-refractivity contribution in [3.05, 3.63) is 24.0 Å². The average Bonchev–Trinajstić information content (AvgIpc) is 2.39. The van der Waals surface area contributed by atoms with Gasteiger partial charge < -0.3 is 15.8 Å². The quantitative estimate of drug-likeness (QED) is 0.798. The summed E-state index contributed by atoms with van der Waals surface area (Å²) >= 11 is 0. The Hall–Kier alpha value is -1.62. The van der Waals surface area contributed by atoms with Gasteiger partial charge in [0.15, 0.2) is 0 Å². The molecule has 1 unspecified atom stereocenters. The number of ether oxygens (including phenoxy) is 1. The first-order chi connectivity index (χ1) is 9.06. The highest BCUT2D eigenvalue weighted by atomic mass is 19.1. The topological polar surface area (TPSA) is 64.3 Å². The summed E-state index contributed by atoms with van der Waals surface area (Å²) in [6.07, 6.45) is 2.11. The number of nitrogens with two attached hydrogens (primary N) is 1. The Balaban J connectivity index is 2.52. The second-order valence-corrected chi connectivity index (χ2v) is 4.61. The zero-order valence-corrected chi connectivity index (χ0v) is 11.4. The minimum absolute atomic E-state index is 0.103. The van der Waals surface area contributed by atoms with Crippen LogP contribution in [0, 0.1) is 11.7 Å². The molecular weight excluding hydrogens is 247 g/mol. The second kappa shape index (κ2) is 7.74. The van der Waals surface area contributed by atoms with Crippen LogP contribution in [0.1, 0.15) is 26.2 Å². The normalized spacial score (nSPS) is 12.0. The van der Waals surface area contributed by atoms with Gasteiger partial charge in [-0.05, 0) is 37.4 Å². The first-order valence-electron chi connectivity index (χ1n) is 6.40. The molecule has 0 saturated heterocycles. The fourth-order valence-electron chi connectivity index (χ4n) is 1.79. The van der Waals surface area contributed by atoms with E-state index in [1.165, 1.54) is 25.3 Å². The van der Waals surface area contributed by atoms with Crippen LogP contribution in [0.5, 0.6) is 5.75 Å². The van der Waals surface area contributed by atoms with Crippen LogP contribution >= 0.6 is 0 Å². The van der Waals surface area contributed by atoms with Crippen molar-refractivity contribution in [2.24, 2.45) is 11.7 Å². The first-order valence-corrected chi connectivity index (χ1v) is 6.40. The monoisotopic (exact) mass is 268 g/mol. The Morgan fingerprint density at radius 3 is 2.84 bits per heavy atom. The van der Waals surface area contributed by atoms with E-state index in [4.69, 9.17) is 10.5 Å². The molecule has 19 heavy (non-hydrogen) atoms. The van der Waals surface area contributed by atoms with E-state index in [1.807, 2.05) is 0 Å². The molecule has 1 amide bonds. The van der Waals surface area contributed by atoms with Crippen molar-refractivity contribution in [3.63, 3.8) is 0 Å². The molecule has 0 spiro atoms. The van der Waals surface area contributed by atoms with Gasteiger partial charge in [-0.15, -0.1) is 0 Å². The zero-order valence-electron chi connectivity index (χ0n) is 11.4. The lowest BCUT2D eigenvalue weighted by Crippen LogP contribution is -2.14. The maximum atomic E-state index is 13.0. The number of amides is 1. The molecular formula is C14H21FN2O2. The molecule has 0 aromatic heterocycles. The molecule has 0 fully saturated rings. The predicted octanol–water partition coefficient (Wildman–Crippen LogP) is 2.54. The van der Waals surface area contributed by atoms with Gasteiger partial charge in [-0.3, -0.25) is 4.79 Å². The SMILES string of the molecule is COc1cc(F)ccc1NC(=O)CCC(C)CCN. The highest BCUT2D eigenvalue weighted by Crippen LogP contribution is 2.25. The van der Waals surface area contributed by atoms with Crippen LogP contribution < -0.4 is 15.8 Å². The van der Waals surface area contributed by atoms with E-state index in [1.54, 1.807) is 0 Å². The fraction of sp³-hybridized carbons (Fsp3) is 0.500.